The number of urea groups is 1. The lowest BCUT2D eigenvalue weighted by Crippen LogP contribution is -2.44. The number of pyridine rings is 2. The maximum Gasteiger partial charge on any atom is 0.323 e. The second kappa shape index (κ2) is 10.1. The minimum absolute atomic E-state index is 0.320. The Balaban J connectivity index is 1.27. The number of carbonyl (C=O) groups excluding carboxylic acids is 1. The number of halogens is 1. The Morgan fingerprint density at radius 1 is 0.816 bits per heavy atom. The summed E-state index contributed by atoms with van der Waals surface area (Å²) in [7, 11) is 2.13. The van der Waals surface area contributed by atoms with Gasteiger partial charge in [0.1, 0.15) is 5.82 Å². The van der Waals surface area contributed by atoms with Gasteiger partial charge < -0.3 is 20.4 Å². The molecule has 1 saturated heterocycles. The van der Waals surface area contributed by atoms with Gasteiger partial charge in [0.25, 0.3) is 0 Å². The number of benzene rings is 3. The highest BCUT2D eigenvalue weighted by Crippen LogP contribution is 2.33. The van der Waals surface area contributed by atoms with Gasteiger partial charge in [-0.05, 0) is 43.4 Å². The lowest BCUT2D eigenvalue weighted by molar-refractivity contribution is 0.262. The molecule has 0 atom stereocenters. The third-order valence-electron chi connectivity index (χ3n) is 7.00. The number of hydrogen-bond donors (Lipinski definition) is 2. The van der Waals surface area contributed by atoms with Crippen LogP contribution in [-0.2, 0) is 0 Å². The number of hydrogen-bond acceptors (Lipinski definition) is 5. The average molecular weight is 507 g/mol. The Bertz CT molecular complexity index is 1650. The minimum atomic E-state index is -0.377. The lowest BCUT2D eigenvalue weighted by Gasteiger charge is -2.34. The number of nitrogens with zero attached hydrogens (tertiary/aromatic N) is 4. The molecule has 6 rings (SSSR count). The normalized spacial score (nSPS) is 14.1. The summed E-state index contributed by atoms with van der Waals surface area (Å²) in [6, 6.07) is 21.3. The predicted molar refractivity (Wildman–Crippen MR) is 151 cm³/mol. The molecule has 1 fully saturated rings. The van der Waals surface area contributed by atoms with E-state index in [1.165, 1.54) is 6.07 Å². The first-order chi connectivity index (χ1) is 18.6. The number of rotatable bonds is 4. The van der Waals surface area contributed by atoms with E-state index in [1.807, 2.05) is 48.7 Å². The van der Waals surface area contributed by atoms with Crippen LogP contribution in [0.5, 0.6) is 0 Å². The van der Waals surface area contributed by atoms with Crippen molar-refractivity contribution in [3.05, 3.63) is 91.0 Å². The number of nitrogens with one attached hydrogen (secondary N) is 2. The molecule has 1 aliphatic rings. The summed E-state index contributed by atoms with van der Waals surface area (Å²) in [5.41, 5.74) is 5.01. The Labute approximate surface area is 219 Å². The van der Waals surface area contributed by atoms with Crippen LogP contribution >= 0.6 is 0 Å². The largest absolute Gasteiger partial charge is 0.368 e. The number of piperazine rings is 1. The fraction of sp³-hybridized carbons (Fsp3) is 0.167. The zero-order valence-corrected chi connectivity index (χ0v) is 21.0. The predicted octanol–water partition coefficient (Wildman–Crippen LogP) is 5.98. The molecule has 0 bridgehead atoms. The first-order valence-corrected chi connectivity index (χ1v) is 12.6. The Kier molecular flexibility index (Phi) is 6.31. The first kappa shape index (κ1) is 23.8. The van der Waals surface area contributed by atoms with E-state index >= 15 is 0 Å². The highest BCUT2D eigenvalue weighted by atomic mass is 19.1. The first-order valence-electron chi connectivity index (χ1n) is 12.6. The smallest absolute Gasteiger partial charge is 0.323 e. The highest BCUT2D eigenvalue weighted by Gasteiger charge is 2.17. The van der Waals surface area contributed by atoms with Crippen molar-refractivity contribution in [3.8, 4) is 11.1 Å². The SMILES string of the molecule is CN1CCN(c2ccnc3ccc(NC(=O)Nc4ccnc5c(-c6ccccc6F)cccc45)cc23)CC1. The number of amides is 2. The van der Waals surface area contributed by atoms with E-state index in [-0.39, 0.29) is 11.8 Å². The van der Waals surface area contributed by atoms with Crippen molar-refractivity contribution in [2.45, 2.75) is 0 Å². The Morgan fingerprint density at radius 3 is 2.45 bits per heavy atom. The van der Waals surface area contributed by atoms with Crippen molar-refractivity contribution < 1.29 is 9.18 Å². The van der Waals surface area contributed by atoms with E-state index in [9.17, 15) is 9.18 Å². The molecule has 0 saturated carbocycles. The molecule has 8 heteroatoms. The van der Waals surface area contributed by atoms with E-state index in [0.717, 1.165) is 48.2 Å². The van der Waals surface area contributed by atoms with Crippen molar-refractivity contribution >= 4 is 44.9 Å². The third-order valence-corrected chi connectivity index (χ3v) is 7.00. The van der Waals surface area contributed by atoms with E-state index in [2.05, 4.69) is 37.4 Å². The summed E-state index contributed by atoms with van der Waals surface area (Å²) < 4.78 is 14.5. The fourth-order valence-electron chi connectivity index (χ4n) is 5.00. The summed E-state index contributed by atoms with van der Waals surface area (Å²) in [6.45, 7) is 3.89. The summed E-state index contributed by atoms with van der Waals surface area (Å²) in [4.78, 5) is 26.7. The molecule has 7 nitrogen and oxygen atoms in total. The van der Waals surface area contributed by atoms with Gasteiger partial charge in [-0.1, -0.05) is 36.4 Å². The number of likely N-dealkylation sites (N-methyl/N-ethyl adjacent to an activating group) is 1. The number of fused-ring (bicyclic) bond motifs is 2. The summed E-state index contributed by atoms with van der Waals surface area (Å²) in [5.74, 6) is -0.320. The van der Waals surface area contributed by atoms with Gasteiger partial charge in [0.15, 0.2) is 0 Å². The zero-order valence-electron chi connectivity index (χ0n) is 21.0. The van der Waals surface area contributed by atoms with Crippen molar-refractivity contribution in [3.63, 3.8) is 0 Å². The van der Waals surface area contributed by atoms with E-state index in [1.54, 1.807) is 30.5 Å². The highest BCUT2D eigenvalue weighted by molar-refractivity contribution is 6.08. The maximum absolute atomic E-state index is 14.5. The van der Waals surface area contributed by atoms with Crippen LogP contribution in [0.15, 0.2) is 85.2 Å². The van der Waals surface area contributed by atoms with Crippen LogP contribution < -0.4 is 15.5 Å². The molecule has 5 aromatic rings. The van der Waals surface area contributed by atoms with Gasteiger partial charge >= 0.3 is 6.03 Å². The Hall–Kier alpha value is -4.56. The molecule has 0 spiro atoms. The van der Waals surface area contributed by atoms with Crippen LogP contribution in [0.3, 0.4) is 0 Å². The maximum atomic E-state index is 14.5. The molecule has 38 heavy (non-hydrogen) atoms. The second-order valence-corrected chi connectivity index (χ2v) is 9.47. The lowest BCUT2D eigenvalue weighted by atomic mass is 10.0. The molecule has 0 radical (unpaired) electrons. The summed E-state index contributed by atoms with van der Waals surface area (Å²) in [6.07, 6.45) is 3.45. The monoisotopic (exact) mass is 506 g/mol. The van der Waals surface area contributed by atoms with Gasteiger partial charge in [-0.2, -0.15) is 0 Å². The van der Waals surface area contributed by atoms with Crippen molar-refractivity contribution in [2.24, 2.45) is 0 Å². The van der Waals surface area contributed by atoms with Gasteiger partial charge in [0.05, 0.1) is 16.7 Å². The van der Waals surface area contributed by atoms with E-state index in [4.69, 9.17) is 0 Å². The Morgan fingerprint density at radius 2 is 1.61 bits per heavy atom. The van der Waals surface area contributed by atoms with E-state index in [0.29, 0.717) is 28.0 Å². The molecular formula is C30H27FN6O. The molecular weight excluding hydrogens is 479 g/mol. The quantitative estimate of drug-likeness (QED) is 0.314. The molecule has 190 valence electrons. The molecule has 0 aliphatic carbocycles. The van der Waals surface area contributed by atoms with Crippen LogP contribution in [0.2, 0.25) is 0 Å². The number of carbonyl (C=O) groups is 1. The minimum Gasteiger partial charge on any atom is -0.368 e. The molecule has 2 aromatic heterocycles. The summed E-state index contributed by atoms with van der Waals surface area (Å²) in [5, 5.41) is 7.62. The topological polar surface area (TPSA) is 73.4 Å². The second-order valence-electron chi connectivity index (χ2n) is 9.47. The van der Waals surface area contributed by atoms with Crippen LogP contribution in [-0.4, -0.2) is 54.1 Å². The van der Waals surface area contributed by atoms with Gasteiger partial charge in [-0.3, -0.25) is 9.97 Å². The molecule has 3 aromatic carbocycles. The zero-order chi connectivity index (χ0) is 26.1. The number of anilines is 3. The van der Waals surface area contributed by atoms with Crippen molar-refractivity contribution in [2.75, 3.05) is 48.8 Å². The van der Waals surface area contributed by atoms with Crippen LogP contribution in [0.25, 0.3) is 32.9 Å². The third kappa shape index (κ3) is 4.62. The number of aromatic nitrogens is 2. The molecule has 3 heterocycles. The van der Waals surface area contributed by atoms with Crippen LogP contribution in [0, 0.1) is 5.82 Å². The fourth-order valence-corrected chi connectivity index (χ4v) is 5.00. The van der Waals surface area contributed by atoms with Crippen molar-refractivity contribution in [1.29, 1.82) is 0 Å². The van der Waals surface area contributed by atoms with E-state index < -0.39 is 0 Å². The van der Waals surface area contributed by atoms with Crippen LogP contribution in [0.4, 0.5) is 26.2 Å². The van der Waals surface area contributed by atoms with Gasteiger partial charge in [0, 0.05) is 71.8 Å². The number of para-hydroxylation sites is 1. The molecule has 2 amide bonds. The van der Waals surface area contributed by atoms with Gasteiger partial charge in [0.2, 0.25) is 0 Å². The molecule has 1 aliphatic heterocycles. The molecule has 0 unspecified atom stereocenters. The molecule has 2 N–H and O–H groups in total. The van der Waals surface area contributed by atoms with Crippen molar-refractivity contribution in [1.82, 2.24) is 14.9 Å². The van der Waals surface area contributed by atoms with Gasteiger partial charge in [-0.25, -0.2) is 9.18 Å². The summed E-state index contributed by atoms with van der Waals surface area (Å²) >= 11 is 0. The van der Waals surface area contributed by atoms with Gasteiger partial charge in [-0.15, -0.1) is 0 Å². The van der Waals surface area contributed by atoms with Crippen LogP contribution in [0.1, 0.15) is 0 Å². The average Bonchev–Trinajstić information content (AvgIpc) is 2.93. The standard InChI is InChI=1S/C30H27FN6O/c1-36-15-17-37(18-16-36)28-12-14-32-26-10-9-20(19-24(26)28)34-30(38)35-27-11-13-33-29-22(6-4-7-23(27)29)21-5-2-3-8-25(21)31/h2-14,19H,15-18H2,1H3,(H2,33,34,35,38).